The predicted octanol–water partition coefficient (Wildman–Crippen LogP) is 4.07. The molecule has 0 spiro atoms. The minimum absolute atomic E-state index is 0.0511. The second kappa shape index (κ2) is 8.26. The van der Waals surface area contributed by atoms with Crippen LogP contribution in [0.25, 0.3) is 0 Å². The van der Waals surface area contributed by atoms with Crippen LogP contribution in [-0.2, 0) is 9.59 Å². The first-order chi connectivity index (χ1) is 11.9. The summed E-state index contributed by atoms with van der Waals surface area (Å²) in [6.07, 6.45) is 1.20. The Hall–Kier alpha value is -2.92. The number of Topliss-reactive ketones (excluding diaryl/α,β-unsaturated/α-hetero) is 1. The number of rotatable bonds is 5. The highest BCUT2D eigenvalue weighted by Crippen LogP contribution is 2.21. The highest BCUT2D eigenvalue weighted by Gasteiger charge is 2.09. The Morgan fingerprint density at radius 1 is 0.920 bits per heavy atom. The summed E-state index contributed by atoms with van der Waals surface area (Å²) in [6, 6.07) is 13.3. The van der Waals surface area contributed by atoms with E-state index in [2.05, 4.69) is 10.6 Å². The maximum atomic E-state index is 12.1. The SMILES string of the molecule is CC(=O)c1ccc(NC(=O)/C=C(/C)C(=O)Nc2ccccc2Cl)cc1. The number of para-hydroxylation sites is 1. The lowest BCUT2D eigenvalue weighted by Gasteiger charge is -2.07. The summed E-state index contributed by atoms with van der Waals surface area (Å²) in [5.41, 5.74) is 1.80. The molecule has 0 atom stereocenters. The average Bonchev–Trinajstić information content (AvgIpc) is 2.57. The lowest BCUT2D eigenvalue weighted by molar-refractivity contribution is -0.114. The molecule has 128 valence electrons. The van der Waals surface area contributed by atoms with Crippen molar-refractivity contribution in [2.75, 3.05) is 10.6 Å². The monoisotopic (exact) mass is 356 g/mol. The van der Waals surface area contributed by atoms with Gasteiger partial charge in [-0.05, 0) is 50.2 Å². The number of anilines is 2. The van der Waals surface area contributed by atoms with E-state index in [1.165, 1.54) is 19.9 Å². The van der Waals surface area contributed by atoms with Gasteiger partial charge in [0.05, 0.1) is 10.7 Å². The van der Waals surface area contributed by atoms with E-state index in [1.807, 2.05) is 0 Å². The number of carbonyl (C=O) groups excluding carboxylic acids is 3. The van der Waals surface area contributed by atoms with Crippen LogP contribution in [0.4, 0.5) is 11.4 Å². The van der Waals surface area contributed by atoms with E-state index in [0.29, 0.717) is 22.0 Å². The van der Waals surface area contributed by atoms with Crippen molar-refractivity contribution in [2.24, 2.45) is 0 Å². The fraction of sp³-hybridized carbons (Fsp3) is 0.105. The zero-order valence-electron chi connectivity index (χ0n) is 13.8. The molecule has 0 saturated carbocycles. The summed E-state index contributed by atoms with van der Waals surface area (Å²) < 4.78 is 0. The smallest absolute Gasteiger partial charge is 0.251 e. The van der Waals surface area contributed by atoms with Crippen LogP contribution < -0.4 is 10.6 Å². The molecular weight excluding hydrogens is 340 g/mol. The number of carbonyl (C=O) groups is 3. The molecule has 2 rings (SSSR count). The molecule has 0 aliphatic carbocycles. The number of ketones is 1. The molecule has 0 saturated heterocycles. The minimum atomic E-state index is -0.442. The number of hydrogen-bond donors (Lipinski definition) is 2. The van der Waals surface area contributed by atoms with Gasteiger partial charge in [0, 0.05) is 22.9 Å². The van der Waals surface area contributed by atoms with Crippen molar-refractivity contribution < 1.29 is 14.4 Å². The summed E-state index contributed by atoms with van der Waals surface area (Å²) in [5, 5.41) is 5.69. The number of halogens is 1. The van der Waals surface area contributed by atoms with Crippen LogP contribution in [-0.4, -0.2) is 17.6 Å². The van der Waals surface area contributed by atoms with Crippen molar-refractivity contribution in [3.8, 4) is 0 Å². The minimum Gasteiger partial charge on any atom is -0.323 e. The molecule has 0 aliphatic rings. The maximum absolute atomic E-state index is 12.1. The fourth-order valence-electron chi connectivity index (χ4n) is 2.01. The largest absolute Gasteiger partial charge is 0.323 e. The third-order valence-corrected chi connectivity index (χ3v) is 3.72. The molecule has 5 nitrogen and oxygen atoms in total. The van der Waals surface area contributed by atoms with E-state index in [1.54, 1.807) is 48.5 Å². The molecule has 2 N–H and O–H groups in total. The van der Waals surface area contributed by atoms with Gasteiger partial charge in [-0.3, -0.25) is 14.4 Å². The van der Waals surface area contributed by atoms with Gasteiger partial charge in [0.2, 0.25) is 5.91 Å². The molecule has 6 heteroatoms. The van der Waals surface area contributed by atoms with E-state index < -0.39 is 11.8 Å². The Morgan fingerprint density at radius 2 is 1.56 bits per heavy atom. The van der Waals surface area contributed by atoms with E-state index in [-0.39, 0.29) is 11.4 Å². The van der Waals surface area contributed by atoms with Gasteiger partial charge in [-0.15, -0.1) is 0 Å². The second-order valence-corrected chi connectivity index (χ2v) is 5.79. The van der Waals surface area contributed by atoms with E-state index in [9.17, 15) is 14.4 Å². The van der Waals surface area contributed by atoms with E-state index >= 15 is 0 Å². The Bertz CT molecular complexity index is 842. The number of hydrogen-bond acceptors (Lipinski definition) is 3. The lowest BCUT2D eigenvalue weighted by atomic mass is 10.1. The highest BCUT2D eigenvalue weighted by molar-refractivity contribution is 6.33. The number of nitrogens with one attached hydrogen (secondary N) is 2. The predicted molar refractivity (Wildman–Crippen MR) is 98.9 cm³/mol. The molecule has 0 aliphatic heterocycles. The van der Waals surface area contributed by atoms with Crippen molar-refractivity contribution >= 4 is 40.6 Å². The van der Waals surface area contributed by atoms with Gasteiger partial charge in [-0.25, -0.2) is 0 Å². The Balaban J connectivity index is 2.00. The molecule has 0 fully saturated rings. The van der Waals surface area contributed by atoms with Gasteiger partial charge in [0.1, 0.15) is 0 Å². The van der Waals surface area contributed by atoms with Gasteiger partial charge in [0.25, 0.3) is 5.91 Å². The summed E-state index contributed by atoms with van der Waals surface area (Å²) >= 11 is 5.98. The molecule has 25 heavy (non-hydrogen) atoms. The summed E-state index contributed by atoms with van der Waals surface area (Å²) in [5.74, 6) is -0.914. The first-order valence-electron chi connectivity index (χ1n) is 7.53. The summed E-state index contributed by atoms with van der Waals surface area (Å²) in [4.78, 5) is 35.3. The molecule has 0 unspecified atom stereocenters. The van der Waals surface area contributed by atoms with Crippen LogP contribution in [0.15, 0.2) is 60.2 Å². The van der Waals surface area contributed by atoms with Crippen LogP contribution in [0, 0.1) is 0 Å². The van der Waals surface area contributed by atoms with Crippen molar-refractivity contribution in [1.29, 1.82) is 0 Å². The quantitative estimate of drug-likeness (QED) is 0.626. The van der Waals surface area contributed by atoms with Gasteiger partial charge >= 0.3 is 0 Å². The standard InChI is InChI=1S/C19H17ClN2O3/c1-12(19(25)22-17-6-4-3-5-16(17)20)11-18(24)21-15-9-7-14(8-10-15)13(2)23/h3-11H,1-2H3,(H,21,24)(H,22,25)/b12-11-. The fourth-order valence-corrected chi connectivity index (χ4v) is 2.20. The molecule has 0 bridgehead atoms. The third kappa shape index (κ3) is 5.29. The average molecular weight is 357 g/mol. The number of benzene rings is 2. The van der Waals surface area contributed by atoms with Crippen molar-refractivity contribution in [1.82, 2.24) is 0 Å². The van der Waals surface area contributed by atoms with Gasteiger partial charge in [0.15, 0.2) is 5.78 Å². The topological polar surface area (TPSA) is 75.3 Å². The van der Waals surface area contributed by atoms with Gasteiger partial charge in [-0.1, -0.05) is 23.7 Å². The van der Waals surface area contributed by atoms with Crippen molar-refractivity contribution in [2.45, 2.75) is 13.8 Å². The molecule has 2 amide bonds. The first kappa shape index (κ1) is 18.4. The van der Waals surface area contributed by atoms with Crippen molar-refractivity contribution in [3.05, 3.63) is 70.8 Å². The lowest BCUT2D eigenvalue weighted by Crippen LogP contribution is -2.16. The normalized spacial score (nSPS) is 10.9. The van der Waals surface area contributed by atoms with Crippen LogP contribution in [0.3, 0.4) is 0 Å². The molecule has 0 heterocycles. The Morgan fingerprint density at radius 3 is 2.16 bits per heavy atom. The van der Waals surface area contributed by atoms with Gasteiger partial charge < -0.3 is 10.6 Å². The molecule has 0 radical (unpaired) electrons. The molecule has 0 aromatic heterocycles. The summed E-state index contributed by atoms with van der Waals surface area (Å²) in [7, 11) is 0. The maximum Gasteiger partial charge on any atom is 0.251 e. The van der Waals surface area contributed by atoms with E-state index in [4.69, 9.17) is 11.6 Å². The zero-order valence-corrected chi connectivity index (χ0v) is 14.6. The highest BCUT2D eigenvalue weighted by atomic mass is 35.5. The van der Waals surface area contributed by atoms with Crippen LogP contribution in [0.5, 0.6) is 0 Å². The summed E-state index contributed by atoms with van der Waals surface area (Å²) in [6.45, 7) is 3.00. The van der Waals surface area contributed by atoms with E-state index in [0.717, 1.165) is 0 Å². The zero-order chi connectivity index (χ0) is 18.4. The third-order valence-electron chi connectivity index (χ3n) is 3.39. The van der Waals surface area contributed by atoms with Crippen LogP contribution in [0.2, 0.25) is 5.02 Å². The molecular formula is C19H17ClN2O3. The second-order valence-electron chi connectivity index (χ2n) is 5.38. The number of amides is 2. The van der Waals surface area contributed by atoms with Crippen LogP contribution in [0.1, 0.15) is 24.2 Å². The van der Waals surface area contributed by atoms with Gasteiger partial charge in [-0.2, -0.15) is 0 Å². The van der Waals surface area contributed by atoms with Crippen molar-refractivity contribution in [3.63, 3.8) is 0 Å². The molecule has 2 aromatic carbocycles. The first-order valence-corrected chi connectivity index (χ1v) is 7.91. The van der Waals surface area contributed by atoms with Crippen LogP contribution >= 0.6 is 11.6 Å². The Labute approximate surface area is 150 Å². The molecule has 2 aromatic rings. The Kier molecular flexibility index (Phi) is 6.08.